The molecule has 0 radical (unpaired) electrons. The SMILES string of the molecule is C[C@@H](CC[C@H](O[C@@H]1O[C@H](OC[C@H]2O[C@@H](CO)[C@H](O)[C@@H](O)[C@@H]2O)[C@@H](O)[C@H](O)[C@H]1O[C@@H]1O[C@H](CO)[C@@H](O)[C@H](O)[C@H]1O)C(C)(C)O)C1CC[C@]2(C)C3CC=C4C(CC[C@@H](O[C@@H]5O[C@H](CO[C@H]6O[C@@H](CO)[C@H](O)[C@@H](O)[C@@H]6O)[C@@H](O)[C@H](O)[C@H]5O[C@@H]5O[C@H](CO)[C@@H](O)[C@H](O)[C@H]5O)C4(C)C)[C@@]3(C)C(=O)C[C@@]12C. The van der Waals surface area contributed by atoms with Gasteiger partial charge in [-0.2, -0.15) is 0 Å². The minimum absolute atomic E-state index is 0.0567. The summed E-state index contributed by atoms with van der Waals surface area (Å²) < 4.78 is 71.9. The largest absolute Gasteiger partial charge is 0.394 e. The van der Waals surface area contributed by atoms with Crippen LogP contribution in [-0.4, -0.2) is 355 Å². The summed E-state index contributed by atoms with van der Waals surface area (Å²) in [7, 11) is 0. The molecule has 6 saturated heterocycles. The molecule has 6 aliphatic heterocycles. The van der Waals surface area contributed by atoms with Crippen molar-refractivity contribution >= 4 is 5.78 Å². The van der Waals surface area contributed by atoms with E-state index in [4.69, 9.17) is 56.8 Å². The molecule has 578 valence electrons. The maximum absolute atomic E-state index is 15.6. The number of ether oxygens (including phenoxy) is 12. The van der Waals surface area contributed by atoms with Gasteiger partial charge in [0.25, 0.3) is 0 Å². The van der Waals surface area contributed by atoms with Crippen LogP contribution in [0.4, 0.5) is 0 Å². The van der Waals surface area contributed by atoms with Gasteiger partial charge in [0.05, 0.1) is 57.5 Å². The van der Waals surface area contributed by atoms with Crippen LogP contribution in [0.15, 0.2) is 11.6 Å². The number of rotatable bonds is 23. The third kappa shape index (κ3) is 14.7. The highest BCUT2D eigenvalue weighted by atomic mass is 16.8. The summed E-state index contributed by atoms with van der Waals surface area (Å²) in [5.41, 5.74) is -3.51. The second-order valence-corrected chi connectivity index (χ2v) is 31.3. The molecular weight excluding hydrogens is 1340 g/mol. The first-order valence-corrected chi connectivity index (χ1v) is 34.9. The highest BCUT2D eigenvalue weighted by molar-refractivity contribution is 5.88. The minimum atomic E-state index is -2.04. The van der Waals surface area contributed by atoms with Crippen molar-refractivity contribution in [3.63, 3.8) is 0 Å². The molecule has 6 heterocycles. The number of ketones is 1. The van der Waals surface area contributed by atoms with E-state index in [1.807, 2.05) is 13.8 Å². The summed E-state index contributed by atoms with van der Waals surface area (Å²) in [4.78, 5) is 15.6. The molecule has 9 fully saturated rings. The van der Waals surface area contributed by atoms with E-state index in [-0.39, 0.29) is 42.3 Å². The Morgan fingerprint density at radius 2 is 0.900 bits per heavy atom. The second-order valence-electron chi connectivity index (χ2n) is 31.3. The van der Waals surface area contributed by atoms with E-state index in [2.05, 4.69) is 33.8 Å². The maximum Gasteiger partial charge on any atom is 0.190 e. The first kappa shape index (κ1) is 80.6. The van der Waals surface area contributed by atoms with E-state index in [1.165, 1.54) is 13.8 Å². The number of allylic oxidation sites excluding steroid dienone is 1. The van der Waals surface area contributed by atoms with E-state index in [9.17, 15) is 107 Å². The van der Waals surface area contributed by atoms with Crippen LogP contribution < -0.4 is 0 Å². The van der Waals surface area contributed by atoms with Crippen LogP contribution in [0.3, 0.4) is 0 Å². The summed E-state index contributed by atoms with van der Waals surface area (Å²) in [6.07, 6.45) is -48.8. The summed E-state index contributed by atoms with van der Waals surface area (Å²) >= 11 is 0. The van der Waals surface area contributed by atoms with Crippen molar-refractivity contribution in [2.24, 2.45) is 45.3 Å². The molecule has 39 atom stereocenters. The number of aliphatic hydroxyl groups excluding tert-OH is 20. The highest BCUT2D eigenvalue weighted by Gasteiger charge is 2.71. The Morgan fingerprint density at radius 1 is 0.480 bits per heavy atom. The van der Waals surface area contributed by atoms with Gasteiger partial charge in [-0.25, -0.2) is 0 Å². The number of aliphatic hydroxyl groups is 21. The Morgan fingerprint density at radius 3 is 1.42 bits per heavy atom. The molecule has 0 bridgehead atoms. The molecule has 10 rings (SSSR count). The molecule has 3 saturated carbocycles. The molecule has 34 heteroatoms. The quantitative estimate of drug-likeness (QED) is 0.0423. The monoisotopic (exact) mass is 1450 g/mol. The van der Waals surface area contributed by atoms with Crippen LogP contribution in [-0.2, 0) is 61.6 Å². The Kier molecular flexibility index (Phi) is 25.3. The topological polar surface area (TPSA) is 553 Å². The lowest BCUT2D eigenvalue weighted by molar-refractivity contribution is -0.400. The third-order valence-corrected chi connectivity index (χ3v) is 24.7. The first-order valence-electron chi connectivity index (χ1n) is 34.9. The lowest BCUT2D eigenvalue weighted by Crippen LogP contribution is -2.66. The predicted molar refractivity (Wildman–Crippen MR) is 332 cm³/mol. The Labute approximate surface area is 578 Å². The number of carbonyl (C=O) groups is 1. The van der Waals surface area contributed by atoms with E-state index >= 15 is 4.79 Å². The van der Waals surface area contributed by atoms with Crippen molar-refractivity contribution in [3.05, 3.63) is 11.6 Å². The molecular formula is C66H110O34. The van der Waals surface area contributed by atoms with Crippen molar-refractivity contribution in [2.75, 3.05) is 39.6 Å². The van der Waals surface area contributed by atoms with E-state index in [1.54, 1.807) is 0 Å². The van der Waals surface area contributed by atoms with Crippen molar-refractivity contribution < 1.29 is 169 Å². The average molecular weight is 1450 g/mol. The minimum Gasteiger partial charge on any atom is -0.394 e. The lowest BCUT2D eigenvalue weighted by Gasteiger charge is -2.65. The average Bonchev–Trinajstić information content (AvgIpc) is 1.33. The molecule has 0 amide bonds. The maximum atomic E-state index is 15.6. The van der Waals surface area contributed by atoms with Gasteiger partial charge >= 0.3 is 0 Å². The predicted octanol–water partition coefficient (Wildman–Crippen LogP) is -7.38. The van der Waals surface area contributed by atoms with Crippen LogP contribution in [0.5, 0.6) is 0 Å². The standard InChI is InChI=1S/C66H110O34/c1-24(9-13-37(63(4,5)88)97-61-55(99-59-52(86)47(81)41(75)31(21-70)94-59)49(83)53(87)57(100-61)90-22-32-42(76)44(78)38(72)28(18-67)91-32)25-15-16-64(6)34-12-10-26-27(66(34,8)35(71)17-65(25,64)7)11-14-36(62(26,2)3)96-60-54(98-58-51(85)46(80)40(74)30(20-69)93-58)48(82)43(77)33(95-60)23-89-56-50(84)45(79)39(73)29(19-68)92-56/h10,24-25,27-34,36-61,67-70,72-88H,9,11-23H2,1-8H3/t24-,25?,27?,28-,29-,30+,31+,32+,33+,34?,36+,37-,38-,39-,40+,41+,42+,43+,44+,45+,46-,47-,48-,49-,50-,51+,52+,53-,54+,55+,56-,57-,58-,59-,60-,61+,64+,65-,66+/m0/s1. The van der Waals surface area contributed by atoms with Crippen molar-refractivity contribution in [2.45, 2.75) is 309 Å². The smallest absolute Gasteiger partial charge is 0.190 e. The Bertz CT molecular complexity index is 2720. The molecule has 0 aromatic heterocycles. The number of Topliss-reactive ketones (excluding diaryl/α,β-unsaturated/α-hetero) is 1. The van der Waals surface area contributed by atoms with Gasteiger partial charge < -0.3 is 164 Å². The van der Waals surface area contributed by atoms with E-state index in [0.29, 0.717) is 25.7 Å². The molecule has 21 N–H and O–H groups in total. The number of hydrogen-bond acceptors (Lipinski definition) is 34. The first-order chi connectivity index (χ1) is 46.9. The van der Waals surface area contributed by atoms with Crippen molar-refractivity contribution in [1.29, 1.82) is 0 Å². The lowest BCUT2D eigenvalue weighted by atomic mass is 9.38. The molecule has 10 aliphatic rings. The fourth-order valence-electron chi connectivity index (χ4n) is 18.2. The normalized spacial score (nSPS) is 51.3. The summed E-state index contributed by atoms with van der Waals surface area (Å²) in [6.45, 7) is 10.9. The fraction of sp³-hybridized carbons (Fsp3) is 0.955. The molecule has 3 unspecified atom stereocenters. The number of carbonyl (C=O) groups excluding carboxylic acids is 1. The molecule has 34 nitrogen and oxygen atoms in total. The third-order valence-electron chi connectivity index (χ3n) is 24.7. The molecule has 0 spiro atoms. The number of hydrogen-bond donors (Lipinski definition) is 21. The van der Waals surface area contributed by atoms with Gasteiger partial charge in [0, 0.05) is 17.3 Å². The Hall–Kier alpha value is -1.91. The second kappa shape index (κ2) is 31.4. The van der Waals surface area contributed by atoms with Gasteiger partial charge in [-0.3, -0.25) is 4.79 Å². The summed E-state index contributed by atoms with van der Waals surface area (Å²) in [5, 5.41) is 226. The van der Waals surface area contributed by atoms with Crippen LogP contribution in [0.1, 0.15) is 107 Å². The van der Waals surface area contributed by atoms with Gasteiger partial charge in [0.15, 0.2) is 37.7 Å². The van der Waals surface area contributed by atoms with Gasteiger partial charge in [-0.05, 0) is 93.3 Å². The van der Waals surface area contributed by atoms with E-state index < -0.39 is 263 Å². The Balaban J connectivity index is 0.853. The van der Waals surface area contributed by atoms with Crippen LogP contribution in [0.2, 0.25) is 0 Å². The zero-order chi connectivity index (χ0) is 73.5. The van der Waals surface area contributed by atoms with Crippen LogP contribution in [0, 0.1) is 45.3 Å². The van der Waals surface area contributed by atoms with Gasteiger partial charge in [0.2, 0.25) is 0 Å². The molecule has 100 heavy (non-hydrogen) atoms. The summed E-state index contributed by atoms with van der Waals surface area (Å²) in [5.74, 6) is -0.558. The summed E-state index contributed by atoms with van der Waals surface area (Å²) in [6, 6.07) is 0. The number of fused-ring (bicyclic) bond motifs is 5. The molecule has 4 aliphatic carbocycles. The highest BCUT2D eigenvalue weighted by Crippen LogP contribution is 2.74. The molecule has 0 aromatic carbocycles. The van der Waals surface area contributed by atoms with Gasteiger partial charge in [-0.15, -0.1) is 0 Å². The van der Waals surface area contributed by atoms with Crippen LogP contribution in [0.25, 0.3) is 0 Å². The van der Waals surface area contributed by atoms with Gasteiger partial charge in [-0.1, -0.05) is 53.2 Å². The zero-order valence-corrected chi connectivity index (χ0v) is 57.5. The van der Waals surface area contributed by atoms with Crippen molar-refractivity contribution in [3.8, 4) is 0 Å². The zero-order valence-electron chi connectivity index (χ0n) is 57.5. The van der Waals surface area contributed by atoms with Gasteiger partial charge in [0.1, 0.15) is 152 Å². The van der Waals surface area contributed by atoms with Crippen LogP contribution >= 0.6 is 0 Å². The van der Waals surface area contributed by atoms with Crippen molar-refractivity contribution in [1.82, 2.24) is 0 Å². The molecule has 0 aromatic rings. The van der Waals surface area contributed by atoms with E-state index in [0.717, 1.165) is 18.4 Å². The fourth-order valence-corrected chi connectivity index (χ4v) is 18.2.